The molecule has 1 aromatic rings. The molecule has 7 nitrogen and oxygen atoms in total. The number of amidine groups is 1. The van der Waals surface area contributed by atoms with Crippen molar-refractivity contribution in [1.29, 1.82) is 0 Å². The summed E-state index contributed by atoms with van der Waals surface area (Å²) in [6.45, 7) is 2.44. The minimum Gasteiger partial charge on any atom is -0.496 e. The smallest absolute Gasteiger partial charge is 0.417 e. The van der Waals surface area contributed by atoms with Crippen LogP contribution in [0.5, 0.6) is 5.75 Å². The van der Waals surface area contributed by atoms with Gasteiger partial charge in [-0.05, 0) is 25.0 Å². The zero-order valence-corrected chi connectivity index (χ0v) is 15.4. The van der Waals surface area contributed by atoms with Gasteiger partial charge in [0.25, 0.3) is 11.7 Å². The van der Waals surface area contributed by atoms with Gasteiger partial charge in [-0.3, -0.25) is 9.79 Å². The lowest BCUT2D eigenvalue weighted by Crippen LogP contribution is -2.80. The van der Waals surface area contributed by atoms with E-state index in [-0.39, 0.29) is 11.9 Å². The van der Waals surface area contributed by atoms with E-state index in [9.17, 15) is 9.59 Å². The number of rotatable bonds is 4. The number of amides is 3. The largest absolute Gasteiger partial charge is 0.496 e. The van der Waals surface area contributed by atoms with E-state index in [1.54, 1.807) is 20.4 Å². The quantitative estimate of drug-likeness (QED) is 0.839. The summed E-state index contributed by atoms with van der Waals surface area (Å²) in [7, 11) is 4.80. The average Bonchev–Trinajstić information content (AvgIpc) is 2.66. The molecule has 1 atom stereocenters. The average molecular weight is 355 g/mol. The summed E-state index contributed by atoms with van der Waals surface area (Å²) < 4.78 is 5.37. The van der Waals surface area contributed by atoms with Crippen LogP contribution in [0, 0.1) is 5.92 Å². The number of benzene rings is 1. The Morgan fingerprint density at radius 1 is 1.19 bits per heavy atom. The topological polar surface area (TPSA) is 76.2 Å². The number of para-hydroxylation sites is 1. The third-order valence-electron chi connectivity index (χ3n) is 4.76. The van der Waals surface area contributed by atoms with E-state index in [1.165, 1.54) is 11.9 Å². The van der Waals surface area contributed by atoms with Gasteiger partial charge in [0.05, 0.1) is 26.1 Å². The molecule has 136 valence electrons. The Bertz CT molecular complexity index is 841. The first-order valence-electron chi connectivity index (χ1n) is 8.47. The fourth-order valence-electron chi connectivity index (χ4n) is 3.26. The van der Waals surface area contributed by atoms with Crippen LogP contribution in [-0.4, -0.2) is 61.0 Å². The second-order valence-corrected chi connectivity index (χ2v) is 6.36. The number of ether oxygens (including phenoxy) is 1. The van der Waals surface area contributed by atoms with Crippen LogP contribution in [0.3, 0.4) is 0 Å². The molecular formula is C19H23N4O3+. The summed E-state index contributed by atoms with van der Waals surface area (Å²) in [6, 6.07) is 7.47. The third-order valence-corrected chi connectivity index (χ3v) is 4.76. The van der Waals surface area contributed by atoms with Gasteiger partial charge in [0, 0.05) is 19.2 Å². The zero-order chi connectivity index (χ0) is 18.8. The van der Waals surface area contributed by atoms with E-state index in [0.717, 1.165) is 21.8 Å². The van der Waals surface area contributed by atoms with Crippen molar-refractivity contribution < 1.29 is 19.3 Å². The molecule has 1 N–H and O–H groups in total. The van der Waals surface area contributed by atoms with E-state index in [2.05, 4.69) is 4.99 Å². The number of carbonyl (C=O) groups excluding carboxylic acids is 2. The highest BCUT2D eigenvalue weighted by Crippen LogP contribution is 2.22. The van der Waals surface area contributed by atoms with E-state index in [0.29, 0.717) is 24.5 Å². The zero-order valence-electron chi connectivity index (χ0n) is 15.4. The van der Waals surface area contributed by atoms with Gasteiger partial charge in [-0.2, -0.15) is 4.90 Å². The second kappa shape index (κ2) is 7.11. The lowest BCUT2D eigenvalue weighted by Gasteiger charge is -2.32. The van der Waals surface area contributed by atoms with Crippen molar-refractivity contribution in [2.24, 2.45) is 10.9 Å². The van der Waals surface area contributed by atoms with Gasteiger partial charge in [-0.1, -0.05) is 18.2 Å². The maximum atomic E-state index is 12.7. The number of nitrogens with zero attached hydrogens (tertiary/aromatic N) is 3. The molecule has 0 aliphatic carbocycles. The molecule has 0 spiro atoms. The van der Waals surface area contributed by atoms with Crippen LogP contribution in [0.25, 0.3) is 0 Å². The van der Waals surface area contributed by atoms with Crippen molar-refractivity contribution in [3.8, 4) is 5.75 Å². The van der Waals surface area contributed by atoms with Crippen molar-refractivity contribution in [3.05, 3.63) is 41.6 Å². The molecule has 0 saturated carbocycles. The van der Waals surface area contributed by atoms with Crippen LogP contribution in [-0.2, 0) is 11.2 Å². The molecule has 1 aromatic carbocycles. The lowest BCUT2D eigenvalue weighted by atomic mass is 9.91. The van der Waals surface area contributed by atoms with Gasteiger partial charge in [-0.25, -0.2) is 14.7 Å². The molecule has 2 aliphatic rings. The number of aliphatic imine (C=N–C) groups is 1. The fraction of sp³-hybridized carbons (Fsp3) is 0.368. The van der Waals surface area contributed by atoms with E-state index in [4.69, 9.17) is 9.73 Å². The number of urea groups is 1. The molecular weight excluding hydrogens is 332 g/mol. The highest BCUT2D eigenvalue weighted by atomic mass is 16.5. The molecule has 1 unspecified atom stereocenters. The van der Waals surface area contributed by atoms with Gasteiger partial charge < -0.3 is 4.74 Å². The Kier molecular flexibility index (Phi) is 4.88. The van der Waals surface area contributed by atoms with Gasteiger partial charge >= 0.3 is 6.03 Å². The molecule has 1 saturated heterocycles. The number of hydrogen-bond acceptors (Lipinski definition) is 4. The highest BCUT2D eigenvalue weighted by molar-refractivity contribution is 6.31. The number of allylic oxidation sites excluding steroid dienone is 1. The number of imide groups is 1. The number of methoxy groups -OCH3 is 1. The number of nitrogens with one attached hydrogen (secondary N) is 1. The van der Waals surface area contributed by atoms with Crippen LogP contribution in [0.1, 0.15) is 12.5 Å². The first-order valence-corrected chi connectivity index (χ1v) is 8.47. The predicted molar refractivity (Wildman–Crippen MR) is 98.1 cm³/mol. The summed E-state index contributed by atoms with van der Waals surface area (Å²) in [5.41, 5.74) is 2.66. The molecule has 3 amide bonds. The van der Waals surface area contributed by atoms with Gasteiger partial charge in [-0.15, -0.1) is 0 Å². The second-order valence-electron chi connectivity index (χ2n) is 6.36. The van der Waals surface area contributed by atoms with E-state index >= 15 is 0 Å². The molecule has 26 heavy (non-hydrogen) atoms. The van der Waals surface area contributed by atoms with Crippen molar-refractivity contribution in [1.82, 2.24) is 9.80 Å². The fourth-order valence-corrected chi connectivity index (χ4v) is 3.26. The van der Waals surface area contributed by atoms with E-state index in [1.807, 2.05) is 31.2 Å². The van der Waals surface area contributed by atoms with Gasteiger partial charge in [0.15, 0.2) is 5.92 Å². The SMILES string of the molecule is COc1ccccc1CCN=C1C(C)=C[NH+]=C2C1C(=O)N(C)C(=O)N2C. The monoisotopic (exact) mass is 355 g/mol. The van der Waals surface area contributed by atoms with Crippen molar-refractivity contribution in [2.45, 2.75) is 13.3 Å². The molecule has 7 heteroatoms. The van der Waals surface area contributed by atoms with Crippen LogP contribution < -0.4 is 9.73 Å². The summed E-state index contributed by atoms with van der Waals surface area (Å²) in [5, 5.41) is 0. The standard InChI is InChI=1S/C19H22N4O3/c1-12-11-21-17-15(18(24)23(3)19(25)22(17)2)16(12)20-10-9-13-7-5-6-8-14(13)26-4/h5-8,11,15H,9-10H2,1-4H3/p+1. The Morgan fingerprint density at radius 3 is 2.65 bits per heavy atom. The van der Waals surface area contributed by atoms with Crippen LogP contribution >= 0.6 is 0 Å². The van der Waals surface area contributed by atoms with Crippen molar-refractivity contribution >= 4 is 23.5 Å². The summed E-state index contributed by atoms with van der Waals surface area (Å²) in [4.78, 5) is 35.2. The van der Waals surface area contributed by atoms with Crippen molar-refractivity contribution in [3.63, 3.8) is 0 Å². The van der Waals surface area contributed by atoms with Crippen LogP contribution in [0.2, 0.25) is 0 Å². The van der Waals surface area contributed by atoms with Crippen molar-refractivity contribution in [2.75, 3.05) is 27.7 Å². The maximum Gasteiger partial charge on any atom is 0.417 e. The number of fused-ring (bicyclic) bond motifs is 1. The number of carbonyl (C=O) groups is 2. The first-order chi connectivity index (χ1) is 12.5. The summed E-state index contributed by atoms with van der Waals surface area (Å²) in [6.07, 6.45) is 2.49. The van der Waals surface area contributed by atoms with Gasteiger partial charge in [0.1, 0.15) is 5.75 Å². The van der Waals surface area contributed by atoms with Crippen LogP contribution in [0.4, 0.5) is 4.79 Å². The Morgan fingerprint density at radius 2 is 1.92 bits per heavy atom. The Labute approximate surface area is 152 Å². The first kappa shape index (κ1) is 17.8. The number of hydrogen-bond donors (Lipinski definition) is 1. The minimum absolute atomic E-state index is 0.265. The normalized spacial score (nSPS) is 21.5. The molecule has 2 aliphatic heterocycles. The molecule has 0 radical (unpaired) electrons. The molecule has 3 rings (SSSR count). The van der Waals surface area contributed by atoms with Gasteiger partial charge in [0.2, 0.25) is 0 Å². The lowest BCUT2D eigenvalue weighted by molar-refractivity contribution is -0.383. The Balaban J connectivity index is 1.86. The molecule has 0 bridgehead atoms. The molecule has 0 aromatic heterocycles. The minimum atomic E-state index is -0.578. The van der Waals surface area contributed by atoms with E-state index < -0.39 is 5.92 Å². The molecule has 2 heterocycles. The summed E-state index contributed by atoms with van der Waals surface area (Å²) in [5.74, 6) is 0.542. The third kappa shape index (κ3) is 3.00. The van der Waals surface area contributed by atoms with Crippen LogP contribution in [0.15, 0.2) is 41.0 Å². The maximum absolute atomic E-state index is 12.7. The Hall–Kier alpha value is -2.96. The summed E-state index contributed by atoms with van der Waals surface area (Å²) >= 11 is 0. The predicted octanol–water partition coefficient (Wildman–Crippen LogP) is 0.215. The molecule has 1 fully saturated rings. The highest BCUT2D eigenvalue weighted by Gasteiger charge is 2.50.